The van der Waals surface area contributed by atoms with Crippen LogP contribution >= 0.6 is 0 Å². The van der Waals surface area contributed by atoms with E-state index in [-0.39, 0.29) is 0 Å². The van der Waals surface area contributed by atoms with Crippen LogP contribution in [-0.4, -0.2) is 10.9 Å². The van der Waals surface area contributed by atoms with E-state index in [4.69, 9.17) is 0 Å². The topological polar surface area (TPSA) is 32.6 Å². The van der Waals surface area contributed by atoms with Crippen molar-refractivity contribution in [2.45, 2.75) is 52.9 Å². The molecule has 0 aromatic heterocycles. The Morgan fingerprint density at radius 1 is 1.16 bits per heavy atom. The molecule has 1 aliphatic carbocycles. The molecule has 0 amide bonds. The number of oxime groups is 1. The minimum atomic E-state index is 0.856. The van der Waals surface area contributed by atoms with Gasteiger partial charge in [0.2, 0.25) is 0 Å². The maximum absolute atomic E-state index is 9.22. The first-order valence-electron chi connectivity index (χ1n) is 7.18. The second-order valence-electron chi connectivity index (χ2n) is 5.43. The summed E-state index contributed by atoms with van der Waals surface area (Å²) in [5, 5.41) is 12.7. The lowest BCUT2D eigenvalue weighted by molar-refractivity contribution is 0.319. The first-order valence-corrected chi connectivity index (χ1v) is 7.18. The molecule has 1 aromatic carbocycles. The molecule has 1 aromatic rings. The van der Waals surface area contributed by atoms with Gasteiger partial charge in [-0.05, 0) is 56.2 Å². The maximum Gasteiger partial charge on any atom is 0.0876 e. The van der Waals surface area contributed by atoms with Gasteiger partial charge in [0.25, 0.3) is 0 Å². The number of nitrogens with zero attached hydrogens (tertiary/aromatic N) is 1. The van der Waals surface area contributed by atoms with Crippen LogP contribution in [0.5, 0.6) is 0 Å². The summed E-state index contributed by atoms with van der Waals surface area (Å²) < 4.78 is 0. The van der Waals surface area contributed by atoms with Gasteiger partial charge in [-0.3, -0.25) is 0 Å². The summed E-state index contributed by atoms with van der Waals surface area (Å²) in [7, 11) is 0. The Hall–Kier alpha value is -1.57. The molecule has 1 aliphatic rings. The number of allylic oxidation sites excluding steroid dienone is 2. The Bertz CT molecular complexity index is 526. The standard InChI is InChI=1S/C17H23NO/c1-4-5-6-14-9-10-16(18-19)17(14)15-8-7-12(2)13(3)11-15/h7-8,11,19H,4-6,9-10H2,1-3H3. The normalized spacial score (nSPS) is 17.5. The van der Waals surface area contributed by atoms with Crippen LogP contribution in [0.1, 0.15) is 55.7 Å². The van der Waals surface area contributed by atoms with Crippen molar-refractivity contribution >= 4 is 11.3 Å². The van der Waals surface area contributed by atoms with Crippen molar-refractivity contribution in [3.63, 3.8) is 0 Å². The fourth-order valence-electron chi connectivity index (χ4n) is 2.73. The van der Waals surface area contributed by atoms with Crippen molar-refractivity contribution in [1.82, 2.24) is 0 Å². The molecule has 0 atom stereocenters. The van der Waals surface area contributed by atoms with E-state index >= 15 is 0 Å². The lowest BCUT2D eigenvalue weighted by atomic mass is 9.95. The minimum absolute atomic E-state index is 0.856. The summed E-state index contributed by atoms with van der Waals surface area (Å²) in [4.78, 5) is 0. The molecule has 1 N–H and O–H groups in total. The van der Waals surface area contributed by atoms with Crippen LogP contribution in [0.25, 0.3) is 5.57 Å². The zero-order valence-corrected chi connectivity index (χ0v) is 12.2. The third kappa shape index (κ3) is 2.89. The summed E-state index contributed by atoms with van der Waals surface area (Å²) >= 11 is 0. The van der Waals surface area contributed by atoms with Gasteiger partial charge in [-0.15, -0.1) is 0 Å². The highest BCUT2D eigenvalue weighted by Crippen LogP contribution is 2.35. The molecule has 0 heterocycles. The van der Waals surface area contributed by atoms with E-state index in [1.54, 1.807) is 0 Å². The summed E-state index contributed by atoms with van der Waals surface area (Å²) in [5.41, 5.74) is 7.31. The van der Waals surface area contributed by atoms with E-state index in [0.717, 1.165) is 25.0 Å². The molecule has 0 fully saturated rings. The molecule has 0 saturated heterocycles. The maximum atomic E-state index is 9.22. The number of aryl methyl sites for hydroxylation is 2. The highest BCUT2D eigenvalue weighted by atomic mass is 16.4. The third-order valence-electron chi connectivity index (χ3n) is 4.05. The van der Waals surface area contributed by atoms with Crippen LogP contribution in [-0.2, 0) is 0 Å². The lowest BCUT2D eigenvalue weighted by Gasteiger charge is -2.10. The quantitative estimate of drug-likeness (QED) is 0.605. The van der Waals surface area contributed by atoms with Crippen LogP contribution in [0.15, 0.2) is 28.9 Å². The number of rotatable bonds is 4. The van der Waals surface area contributed by atoms with E-state index < -0.39 is 0 Å². The smallest absolute Gasteiger partial charge is 0.0876 e. The molecule has 0 unspecified atom stereocenters. The second kappa shape index (κ2) is 6.05. The van der Waals surface area contributed by atoms with Gasteiger partial charge >= 0.3 is 0 Å². The van der Waals surface area contributed by atoms with Gasteiger partial charge in [0.1, 0.15) is 0 Å². The van der Waals surface area contributed by atoms with Crippen LogP contribution < -0.4 is 0 Å². The van der Waals surface area contributed by atoms with Gasteiger partial charge in [-0.2, -0.15) is 0 Å². The fraction of sp³-hybridized carbons (Fsp3) is 0.471. The van der Waals surface area contributed by atoms with Gasteiger partial charge in [0.15, 0.2) is 0 Å². The van der Waals surface area contributed by atoms with E-state index in [0.29, 0.717) is 0 Å². The Balaban J connectivity index is 2.43. The van der Waals surface area contributed by atoms with Crippen LogP contribution in [0.4, 0.5) is 0 Å². The zero-order valence-electron chi connectivity index (χ0n) is 12.2. The minimum Gasteiger partial charge on any atom is -0.411 e. The molecule has 19 heavy (non-hydrogen) atoms. The van der Waals surface area contributed by atoms with E-state index in [9.17, 15) is 5.21 Å². The Morgan fingerprint density at radius 2 is 1.95 bits per heavy atom. The first kappa shape index (κ1) is 13.9. The van der Waals surface area contributed by atoms with E-state index in [2.05, 4.69) is 44.1 Å². The van der Waals surface area contributed by atoms with Crippen molar-refractivity contribution in [3.8, 4) is 0 Å². The van der Waals surface area contributed by atoms with Crippen molar-refractivity contribution < 1.29 is 5.21 Å². The molecule has 0 spiro atoms. The molecular formula is C17H23NO. The van der Waals surface area contributed by atoms with E-state index in [1.165, 1.54) is 40.7 Å². The third-order valence-corrected chi connectivity index (χ3v) is 4.05. The van der Waals surface area contributed by atoms with Crippen molar-refractivity contribution in [3.05, 3.63) is 40.5 Å². The van der Waals surface area contributed by atoms with Gasteiger partial charge in [0.05, 0.1) is 5.71 Å². The number of unbranched alkanes of at least 4 members (excludes halogenated alkanes) is 1. The molecule has 0 saturated carbocycles. The Labute approximate surface area is 115 Å². The summed E-state index contributed by atoms with van der Waals surface area (Å²) in [6.07, 6.45) is 5.45. The average molecular weight is 257 g/mol. The van der Waals surface area contributed by atoms with Gasteiger partial charge < -0.3 is 5.21 Å². The predicted octanol–water partition coefficient (Wildman–Crippen LogP) is 4.87. The van der Waals surface area contributed by atoms with Crippen LogP contribution in [0.3, 0.4) is 0 Å². The van der Waals surface area contributed by atoms with Crippen LogP contribution in [0.2, 0.25) is 0 Å². The Kier molecular flexibility index (Phi) is 4.41. The van der Waals surface area contributed by atoms with Crippen molar-refractivity contribution in [2.24, 2.45) is 5.16 Å². The molecule has 2 heteroatoms. The van der Waals surface area contributed by atoms with Crippen molar-refractivity contribution in [1.29, 1.82) is 0 Å². The molecule has 102 valence electrons. The van der Waals surface area contributed by atoms with Gasteiger partial charge in [0, 0.05) is 5.57 Å². The highest BCUT2D eigenvalue weighted by Gasteiger charge is 2.22. The highest BCUT2D eigenvalue weighted by molar-refractivity contribution is 6.26. The molecular weight excluding hydrogens is 234 g/mol. The summed E-state index contributed by atoms with van der Waals surface area (Å²) in [5.74, 6) is 0. The van der Waals surface area contributed by atoms with Crippen molar-refractivity contribution in [2.75, 3.05) is 0 Å². The van der Waals surface area contributed by atoms with E-state index in [1.807, 2.05) is 0 Å². The summed E-state index contributed by atoms with van der Waals surface area (Å²) in [6, 6.07) is 6.52. The largest absolute Gasteiger partial charge is 0.411 e. The summed E-state index contributed by atoms with van der Waals surface area (Å²) in [6.45, 7) is 6.48. The average Bonchev–Trinajstić information content (AvgIpc) is 2.82. The Morgan fingerprint density at radius 3 is 2.58 bits per heavy atom. The lowest BCUT2D eigenvalue weighted by Crippen LogP contribution is -1.98. The monoisotopic (exact) mass is 257 g/mol. The molecule has 2 rings (SSSR count). The first-order chi connectivity index (χ1) is 9.17. The molecule has 0 bridgehead atoms. The number of hydrogen-bond donors (Lipinski definition) is 1. The SMILES string of the molecule is CCCCC1=C(c2ccc(C)c(C)c2)C(=NO)CC1. The molecule has 2 nitrogen and oxygen atoms in total. The van der Waals surface area contributed by atoms with Gasteiger partial charge in [-0.25, -0.2) is 0 Å². The molecule has 0 radical (unpaired) electrons. The fourth-order valence-corrected chi connectivity index (χ4v) is 2.73. The number of benzene rings is 1. The van der Waals surface area contributed by atoms with Gasteiger partial charge in [-0.1, -0.05) is 42.3 Å². The second-order valence-corrected chi connectivity index (χ2v) is 5.43. The zero-order chi connectivity index (χ0) is 13.8. The van der Waals surface area contributed by atoms with Crippen LogP contribution in [0, 0.1) is 13.8 Å². The molecule has 0 aliphatic heterocycles. The predicted molar refractivity (Wildman–Crippen MR) is 80.8 cm³/mol. The number of hydrogen-bond acceptors (Lipinski definition) is 2.